The minimum atomic E-state index is -3.25. The van der Waals surface area contributed by atoms with Gasteiger partial charge < -0.3 is 5.32 Å². The van der Waals surface area contributed by atoms with E-state index in [1.54, 1.807) is 4.31 Å². The summed E-state index contributed by atoms with van der Waals surface area (Å²) in [6.45, 7) is 10.2. The first kappa shape index (κ1) is 18.1. The van der Waals surface area contributed by atoms with Gasteiger partial charge in [0, 0.05) is 19.1 Å². The fourth-order valence-electron chi connectivity index (χ4n) is 2.30. The van der Waals surface area contributed by atoms with E-state index in [0.29, 0.717) is 6.54 Å². The predicted molar refractivity (Wildman–Crippen MR) is 88.6 cm³/mol. The molecule has 1 rings (SSSR count). The lowest BCUT2D eigenvalue weighted by Gasteiger charge is -2.26. The van der Waals surface area contributed by atoms with Crippen LogP contribution in [0.2, 0.25) is 0 Å². The average Bonchev–Trinajstić information content (AvgIpc) is 2.46. The van der Waals surface area contributed by atoms with Crippen LogP contribution in [0.3, 0.4) is 0 Å². The Balaban J connectivity index is 2.79. The van der Waals surface area contributed by atoms with E-state index >= 15 is 0 Å². The van der Waals surface area contributed by atoms with Gasteiger partial charge in [0.05, 0.1) is 5.75 Å². The summed E-state index contributed by atoms with van der Waals surface area (Å²) in [5.41, 5.74) is 2.02. The summed E-state index contributed by atoms with van der Waals surface area (Å²) >= 11 is 0. The van der Waals surface area contributed by atoms with Crippen molar-refractivity contribution in [3.05, 3.63) is 35.4 Å². The van der Waals surface area contributed by atoms with E-state index in [4.69, 9.17) is 0 Å². The first-order valence-electron chi connectivity index (χ1n) is 7.72. The number of hydrogen-bond donors (Lipinski definition) is 1. The summed E-state index contributed by atoms with van der Waals surface area (Å²) in [5.74, 6) is 0.0761. The molecule has 1 atom stereocenters. The maximum Gasteiger partial charge on any atom is 0.218 e. The van der Waals surface area contributed by atoms with Gasteiger partial charge in [-0.2, -0.15) is 4.31 Å². The predicted octanol–water partition coefficient (Wildman–Crippen LogP) is 2.75. The fraction of sp³-hybridized carbons (Fsp3) is 0.625. The summed E-state index contributed by atoms with van der Waals surface area (Å²) in [6.07, 6.45) is 0.828. The zero-order valence-electron chi connectivity index (χ0n) is 13.6. The van der Waals surface area contributed by atoms with Gasteiger partial charge in [-0.05, 0) is 31.0 Å². The van der Waals surface area contributed by atoms with E-state index < -0.39 is 10.0 Å². The molecule has 0 heterocycles. The van der Waals surface area contributed by atoms with Crippen molar-refractivity contribution in [2.24, 2.45) is 0 Å². The first-order valence-corrected chi connectivity index (χ1v) is 9.33. The molecule has 1 aromatic carbocycles. The van der Waals surface area contributed by atoms with Gasteiger partial charge in [-0.15, -0.1) is 0 Å². The van der Waals surface area contributed by atoms with Crippen molar-refractivity contribution in [1.29, 1.82) is 0 Å². The maximum atomic E-state index is 12.5. The van der Waals surface area contributed by atoms with Crippen molar-refractivity contribution in [2.45, 2.75) is 52.5 Å². The molecule has 0 fully saturated rings. The van der Waals surface area contributed by atoms with Crippen LogP contribution in [0.4, 0.5) is 0 Å². The highest BCUT2D eigenvalue weighted by molar-refractivity contribution is 7.88. The number of rotatable bonds is 9. The molecule has 1 aromatic rings. The molecule has 0 saturated heterocycles. The zero-order valence-corrected chi connectivity index (χ0v) is 14.4. The number of nitrogens with zero attached hydrogens (tertiary/aromatic N) is 1. The summed E-state index contributed by atoms with van der Waals surface area (Å²) in [6, 6.07) is 7.86. The SMILES string of the molecule is CCNCc1ccc(CS(=O)(=O)N(CC)C(C)CC)cc1. The molecular formula is C16H28N2O2S. The molecule has 0 bridgehead atoms. The van der Waals surface area contributed by atoms with Gasteiger partial charge in [0.25, 0.3) is 0 Å². The molecule has 1 unspecified atom stereocenters. The van der Waals surface area contributed by atoms with Crippen molar-refractivity contribution in [2.75, 3.05) is 13.1 Å². The third kappa shape index (κ3) is 5.41. The average molecular weight is 312 g/mol. The molecule has 21 heavy (non-hydrogen) atoms. The smallest absolute Gasteiger partial charge is 0.218 e. The summed E-state index contributed by atoms with van der Waals surface area (Å²) in [7, 11) is -3.25. The van der Waals surface area contributed by atoms with Crippen LogP contribution in [-0.4, -0.2) is 31.9 Å². The highest BCUT2D eigenvalue weighted by Gasteiger charge is 2.24. The lowest BCUT2D eigenvalue weighted by molar-refractivity contribution is 0.342. The second kappa shape index (κ2) is 8.51. The Bertz CT molecular complexity index is 512. The van der Waals surface area contributed by atoms with Crippen LogP contribution in [0.1, 0.15) is 45.2 Å². The second-order valence-corrected chi connectivity index (χ2v) is 7.24. The lowest BCUT2D eigenvalue weighted by atomic mass is 10.1. The van der Waals surface area contributed by atoms with Crippen molar-refractivity contribution in [3.8, 4) is 0 Å². The van der Waals surface area contributed by atoms with Gasteiger partial charge in [-0.25, -0.2) is 8.42 Å². The van der Waals surface area contributed by atoms with E-state index in [1.807, 2.05) is 45.0 Å². The molecule has 5 heteroatoms. The van der Waals surface area contributed by atoms with E-state index in [2.05, 4.69) is 12.2 Å². The van der Waals surface area contributed by atoms with Gasteiger partial charge in [-0.3, -0.25) is 0 Å². The van der Waals surface area contributed by atoms with Crippen molar-refractivity contribution >= 4 is 10.0 Å². The molecule has 0 saturated carbocycles. The summed E-state index contributed by atoms with van der Waals surface area (Å²) in [4.78, 5) is 0. The molecule has 1 N–H and O–H groups in total. The van der Waals surface area contributed by atoms with Crippen LogP contribution in [0.15, 0.2) is 24.3 Å². The van der Waals surface area contributed by atoms with E-state index in [1.165, 1.54) is 5.56 Å². The molecule has 0 aliphatic carbocycles. The van der Waals surface area contributed by atoms with Gasteiger partial charge in [0.15, 0.2) is 0 Å². The molecule has 0 radical (unpaired) electrons. The summed E-state index contributed by atoms with van der Waals surface area (Å²) < 4.78 is 26.6. The standard InChI is InChI=1S/C16H28N2O2S/c1-5-14(4)18(7-3)21(19,20)13-16-10-8-15(9-11-16)12-17-6-2/h8-11,14,17H,5-7,12-13H2,1-4H3. The normalized spacial score (nSPS) is 13.6. The quantitative estimate of drug-likeness (QED) is 0.763. The highest BCUT2D eigenvalue weighted by Crippen LogP contribution is 2.16. The van der Waals surface area contributed by atoms with Gasteiger partial charge in [0.2, 0.25) is 10.0 Å². The molecule has 0 aromatic heterocycles. The topological polar surface area (TPSA) is 49.4 Å². The number of hydrogen-bond acceptors (Lipinski definition) is 3. The van der Waals surface area contributed by atoms with Crippen molar-refractivity contribution < 1.29 is 8.42 Å². The Labute approximate surface area is 129 Å². The monoisotopic (exact) mass is 312 g/mol. The van der Waals surface area contributed by atoms with Gasteiger partial charge >= 0.3 is 0 Å². The van der Waals surface area contributed by atoms with Crippen LogP contribution in [0.25, 0.3) is 0 Å². The molecule has 120 valence electrons. The first-order chi connectivity index (χ1) is 9.94. The minimum Gasteiger partial charge on any atom is -0.313 e. The Morgan fingerprint density at radius 2 is 1.67 bits per heavy atom. The number of sulfonamides is 1. The van der Waals surface area contributed by atoms with Crippen LogP contribution in [-0.2, 0) is 22.3 Å². The molecule has 0 aliphatic rings. The molecule has 0 aliphatic heterocycles. The van der Waals surface area contributed by atoms with Gasteiger partial charge in [-0.1, -0.05) is 45.0 Å². The lowest BCUT2D eigenvalue weighted by Crippen LogP contribution is -2.38. The maximum absolute atomic E-state index is 12.5. The Morgan fingerprint density at radius 1 is 1.10 bits per heavy atom. The van der Waals surface area contributed by atoms with E-state index in [9.17, 15) is 8.42 Å². The largest absolute Gasteiger partial charge is 0.313 e. The van der Waals surface area contributed by atoms with Crippen molar-refractivity contribution in [3.63, 3.8) is 0 Å². The van der Waals surface area contributed by atoms with Crippen molar-refractivity contribution in [1.82, 2.24) is 9.62 Å². The Kier molecular flexibility index (Phi) is 7.35. The van der Waals surface area contributed by atoms with Gasteiger partial charge in [0.1, 0.15) is 0 Å². The molecule has 0 amide bonds. The molecule has 4 nitrogen and oxygen atoms in total. The molecule has 0 spiro atoms. The minimum absolute atomic E-state index is 0.0491. The zero-order chi connectivity index (χ0) is 15.9. The third-order valence-corrected chi connectivity index (χ3v) is 5.73. The van der Waals surface area contributed by atoms with Crippen LogP contribution < -0.4 is 5.32 Å². The van der Waals surface area contributed by atoms with Crippen LogP contribution >= 0.6 is 0 Å². The number of nitrogens with one attached hydrogen (secondary N) is 1. The highest BCUT2D eigenvalue weighted by atomic mass is 32.2. The third-order valence-electron chi connectivity index (χ3n) is 3.70. The Morgan fingerprint density at radius 3 is 2.14 bits per heavy atom. The Hall–Kier alpha value is -0.910. The van der Waals surface area contributed by atoms with Crippen LogP contribution in [0.5, 0.6) is 0 Å². The fourth-order valence-corrected chi connectivity index (χ4v) is 4.17. The molecular weight excluding hydrogens is 284 g/mol. The van der Waals surface area contributed by atoms with Crippen LogP contribution in [0, 0.1) is 0 Å². The summed E-state index contributed by atoms with van der Waals surface area (Å²) in [5, 5.41) is 3.26. The number of benzene rings is 1. The van der Waals surface area contributed by atoms with E-state index in [-0.39, 0.29) is 11.8 Å². The second-order valence-electron chi connectivity index (χ2n) is 5.31. The van der Waals surface area contributed by atoms with E-state index in [0.717, 1.165) is 25.1 Å².